The van der Waals surface area contributed by atoms with Gasteiger partial charge >= 0.3 is 0 Å². The van der Waals surface area contributed by atoms with Crippen molar-refractivity contribution in [2.45, 2.75) is 19.4 Å². The molecule has 1 aliphatic rings. The van der Waals surface area contributed by atoms with Gasteiger partial charge < -0.3 is 20.0 Å². The monoisotopic (exact) mass is 363 g/mol. The van der Waals surface area contributed by atoms with Crippen molar-refractivity contribution in [3.8, 4) is 0 Å². The average Bonchev–Trinajstić information content (AvgIpc) is 3.17. The van der Waals surface area contributed by atoms with Crippen LogP contribution in [0.25, 0.3) is 0 Å². The second kappa shape index (κ2) is 8.69. The van der Waals surface area contributed by atoms with Crippen LogP contribution in [0.1, 0.15) is 28.1 Å². The summed E-state index contributed by atoms with van der Waals surface area (Å²) in [5.41, 5.74) is 2.64. The molecule has 0 atom stereocenters. The van der Waals surface area contributed by atoms with E-state index >= 15 is 0 Å². The van der Waals surface area contributed by atoms with E-state index in [0.717, 1.165) is 24.2 Å². The number of hydrogen-bond donors (Lipinski definition) is 2. The first-order chi connectivity index (χ1) is 11.7. The number of para-hydroxylation sites is 1. The van der Waals surface area contributed by atoms with Crippen LogP contribution in [0.3, 0.4) is 0 Å². The molecule has 0 saturated heterocycles. The van der Waals surface area contributed by atoms with Crippen LogP contribution in [0.4, 0.5) is 5.69 Å². The Morgan fingerprint density at radius 3 is 2.84 bits per heavy atom. The Labute approximate surface area is 153 Å². The normalized spacial score (nSPS) is 12.7. The van der Waals surface area contributed by atoms with Crippen molar-refractivity contribution in [1.82, 2.24) is 10.6 Å². The average molecular weight is 364 g/mol. The molecule has 1 aliphatic heterocycles. The number of benzene rings is 1. The number of carbonyl (C=O) groups excluding carboxylic acids is 2. The van der Waals surface area contributed by atoms with E-state index in [1.54, 1.807) is 11.0 Å². The maximum Gasteiger partial charge on any atom is 0.287 e. The fourth-order valence-corrected chi connectivity index (χ4v) is 2.87. The van der Waals surface area contributed by atoms with Crippen LogP contribution in [0, 0.1) is 0 Å². The lowest BCUT2D eigenvalue weighted by molar-refractivity contribution is -0.117. The molecular formula is C18H22ClN3O3. The number of amides is 2. The van der Waals surface area contributed by atoms with Gasteiger partial charge in [-0.05, 0) is 37.7 Å². The van der Waals surface area contributed by atoms with E-state index in [9.17, 15) is 9.59 Å². The van der Waals surface area contributed by atoms with E-state index in [4.69, 9.17) is 4.42 Å². The highest BCUT2D eigenvalue weighted by molar-refractivity contribution is 6.01. The predicted molar refractivity (Wildman–Crippen MR) is 98.2 cm³/mol. The van der Waals surface area contributed by atoms with Crippen molar-refractivity contribution in [1.29, 1.82) is 0 Å². The number of carbonyl (C=O) groups is 2. The highest BCUT2D eigenvalue weighted by Crippen LogP contribution is 2.30. The van der Waals surface area contributed by atoms with Crippen LogP contribution in [0.15, 0.2) is 41.0 Å². The predicted octanol–water partition coefficient (Wildman–Crippen LogP) is 2.13. The van der Waals surface area contributed by atoms with Crippen molar-refractivity contribution in [3.63, 3.8) is 0 Å². The summed E-state index contributed by atoms with van der Waals surface area (Å²) in [6, 6.07) is 9.47. The van der Waals surface area contributed by atoms with Gasteiger partial charge in [-0.3, -0.25) is 9.59 Å². The van der Waals surface area contributed by atoms with Gasteiger partial charge in [-0.2, -0.15) is 0 Å². The number of nitrogens with one attached hydrogen (secondary N) is 2. The molecule has 0 bridgehead atoms. The van der Waals surface area contributed by atoms with Crippen molar-refractivity contribution in [2.24, 2.45) is 0 Å². The minimum absolute atomic E-state index is 0. The second-order valence-corrected chi connectivity index (χ2v) is 5.77. The van der Waals surface area contributed by atoms with Crippen molar-refractivity contribution >= 4 is 29.9 Å². The van der Waals surface area contributed by atoms with E-state index < -0.39 is 0 Å². The van der Waals surface area contributed by atoms with Crippen LogP contribution in [0.5, 0.6) is 0 Å². The maximum absolute atomic E-state index is 12.3. The van der Waals surface area contributed by atoms with Gasteiger partial charge in [0, 0.05) is 17.8 Å². The molecule has 2 N–H and O–H groups in total. The highest BCUT2D eigenvalue weighted by Gasteiger charge is 2.28. The SMILES string of the molecule is CNCCCNC(=O)c1occc1CN1C(=O)Cc2ccccc21.Cl. The Hall–Kier alpha value is -2.31. The first-order valence-corrected chi connectivity index (χ1v) is 8.08. The van der Waals surface area contributed by atoms with E-state index in [1.165, 1.54) is 6.26 Å². The first-order valence-electron chi connectivity index (χ1n) is 8.08. The summed E-state index contributed by atoms with van der Waals surface area (Å²) >= 11 is 0. The lowest BCUT2D eigenvalue weighted by Gasteiger charge is -2.17. The molecule has 134 valence electrons. The Morgan fingerprint density at radius 2 is 2.04 bits per heavy atom. The number of furan rings is 1. The molecule has 0 radical (unpaired) electrons. The number of anilines is 1. The Morgan fingerprint density at radius 1 is 1.24 bits per heavy atom. The van der Waals surface area contributed by atoms with Gasteiger partial charge in [0.15, 0.2) is 5.76 Å². The molecule has 6 nitrogen and oxygen atoms in total. The van der Waals surface area contributed by atoms with E-state index in [1.807, 2.05) is 31.3 Å². The summed E-state index contributed by atoms with van der Waals surface area (Å²) in [4.78, 5) is 26.2. The number of halogens is 1. The standard InChI is InChI=1S/C18H21N3O3.ClH/c1-19-8-4-9-20-18(23)17-14(7-10-24-17)12-21-15-6-3-2-5-13(15)11-16(21)22;/h2-3,5-7,10,19H,4,8-9,11-12H2,1H3,(H,20,23);1H. The Bertz CT molecular complexity index is 745. The molecule has 2 amide bonds. The zero-order valence-corrected chi connectivity index (χ0v) is 14.9. The van der Waals surface area contributed by atoms with Gasteiger partial charge in [0.2, 0.25) is 5.91 Å². The molecule has 2 aromatic rings. The molecule has 0 unspecified atom stereocenters. The van der Waals surface area contributed by atoms with E-state index in [0.29, 0.717) is 25.1 Å². The molecule has 3 rings (SSSR count). The molecule has 25 heavy (non-hydrogen) atoms. The molecule has 0 aliphatic carbocycles. The van der Waals surface area contributed by atoms with Gasteiger partial charge in [-0.25, -0.2) is 0 Å². The molecule has 0 fully saturated rings. The van der Waals surface area contributed by atoms with Crippen LogP contribution in [0.2, 0.25) is 0 Å². The molecule has 7 heteroatoms. The van der Waals surface area contributed by atoms with Gasteiger partial charge in [-0.1, -0.05) is 18.2 Å². The van der Waals surface area contributed by atoms with Crippen LogP contribution >= 0.6 is 12.4 Å². The zero-order valence-electron chi connectivity index (χ0n) is 14.1. The number of fused-ring (bicyclic) bond motifs is 1. The topological polar surface area (TPSA) is 74.6 Å². The highest BCUT2D eigenvalue weighted by atomic mass is 35.5. The van der Waals surface area contributed by atoms with E-state index in [-0.39, 0.29) is 30.0 Å². The molecule has 0 saturated carbocycles. The summed E-state index contributed by atoms with van der Waals surface area (Å²) in [5, 5.41) is 5.87. The quantitative estimate of drug-likeness (QED) is 0.739. The maximum atomic E-state index is 12.3. The lowest BCUT2D eigenvalue weighted by atomic mass is 10.1. The lowest BCUT2D eigenvalue weighted by Crippen LogP contribution is -2.29. The third-order valence-electron chi connectivity index (χ3n) is 4.10. The summed E-state index contributed by atoms with van der Waals surface area (Å²) < 4.78 is 5.35. The smallest absolute Gasteiger partial charge is 0.287 e. The number of nitrogens with zero attached hydrogens (tertiary/aromatic N) is 1. The minimum Gasteiger partial charge on any atom is -0.459 e. The van der Waals surface area contributed by atoms with Crippen molar-refractivity contribution < 1.29 is 14.0 Å². The van der Waals surface area contributed by atoms with Crippen molar-refractivity contribution in [3.05, 3.63) is 53.5 Å². The third-order valence-corrected chi connectivity index (χ3v) is 4.10. The number of hydrogen-bond acceptors (Lipinski definition) is 4. The first kappa shape index (κ1) is 19.0. The summed E-state index contributed by atoms with van der Waals surface area (Å²) in [5.74, 6) is 0.0699. The molecule has 1 aromatic heterocycles. The van der Waals surface area contributed by atoms with Crippen LogP contribution in [-0.4, -0.2) is 32.0 Å². The Balaban J connectivity index is 0.00000225. The van der Waals surface area contributed by atoms with Gasteiger partial charge in [0.25, 0.3) is 5.91 Å². The fraction of sp³-hybridized carbons (Fsp3) is 0.333. The van der Waals surface area contributed by atoms with Gasteiger partial charge in [0.05, 0.1) is 19.2 Å². The fourth-order valence-electron chi connectivity index (χ4n) is 2.87. The Kier molecular flexibility index (Phi) is 6.61. The largest absolute Gasteiger partial charge is 0.459 e. The number of rotatable bonds is 7. The minimum atomic E-state index is -0.244. The summed E-state index contributed by atoms with van der Waals surface area (Å²) in [7, 11) is 1.87. The van der Waals surface area contributed by atoms with Crippen LogP contribution < -0.4 is 15.5 Å². The van der Waals surface area contributed by atoms with Gasteiger partial charge in [-0.15, -0.1) is 12.4 Å². The summed E-state index contributed by atoms with van der Waals surface area (Å²) in [6.07, 6.45) is 2.74. The van der Waals surface area contributed by atoms with Gasteiger partial charge in [0.1, 0.15) is 0 Å². The van der Waals surface area contributed by atoms with Crippen molar-refractivity contribution in [2.75, 3.05) is 25.0 Å². The second-order valence-electron chi connectivity index (χ2n) is 5.77. The molecule has 0 spiro atoms. The summed E-state index contributed by atoms with van der Waals surface area (Å²) in [6.45, 7) is 1.75. The molecule has 1 aromatic carbocycles. The third kappa shape index (κ3) is 4.21. The van der Waals surface area contributed by atoms with E-state index in [2.05, 4.69) is 10.6 Å². The van der Waals surface area contributed by atoms with Crippen LogP contribution in [-0.2, 0) is 17.8 Å². The molecule has 2 heterocycles. The molecular weight excluding hydrogens is 342 g/mol. The zero-order chi connectivity index (χ0) is 16.9.